The SMILES string of the molecule is COc1cccc(OC)c1OCCON. The fraction of sp³-hybridized carbons (Fsp3) is 0.400. The molecule has 1 aromatic carbocycles. The van der Waals surface area contributed by atoms with Crippen molar-refractivity contribution in [1.82, 2.24) is 0 Å². The highest BCUT2D eigenvalue weighted by Crippen LogP contribution is 2.36. The Bertz CT molecular complexity index is 281. The van der Waals surface area contributed by atoms with Crippen molar-refractivity contribution >= 4 is 0 Å². The lowest BCUT2D eigenvalue weighted by molar-refractivity contribution is 0.0995. The summed E-state index contributed by atoms with van der Waals surface area (Å²) in [6.45, 7) is 0.647. The predicted octanol–water partition coefficient (Wildman–Crippen LogP) is 0.973. The Morgan fingerprint density at radius 2 is 1.67 bits per heavy atom. The minimum Gasteiger partial charge on any atom is -0.493 e. The zero-order valence-corrected chi connectivity index (χ0v) is 8.86. The fourth-order valence-electron chi connectivity index (χ4n) is 1.15. The molecule has 1 aromatic rings. The summed E-state index contributed by atoms with van der Waals surface area (Å²) >= 11 is 0. The third-order valence-electron chi connectivity index (χ3n) is 1.83. The molecule has 0 fully saturated rings. The Labute approximate surface area is 88.6 Å². The molecule has 15 heavy (non-hydrogen) atoms. The highest BCUT2D eigenvalue weighted by Gasteiger charge is 2.10. The topological polar surface area (TPSA) is 62.9 Å². The van der Waals surface area contributed by atoms with Crippen LogP contribution >= 0.6 is 0 Å². The Balaban J connectivity index is 2.80. The van der Waals surface area contributed by atoms with Crippen LogP contribution in [0.3, 0.4) is 0 Å². The normalized spacial score (nSPS) is 9.80. The summed E-state index contributed by atoms with van der Waals surface area (Å²) in [5.41, 5.74) is 0. The van der Waals surface area contributed by atoms with E-state index in [1.807, 2.05) is 6.07 Å². The Hall–Kier alpha value is -1.46. The third kappa shape index (κ3) is 3.00. The Morgan fingerprint density at radius 3 is 2.13 bits per heavy atom. The monoisotopic (exact) mass is 213 g/mol. The van der Waals surface area contributed by atoms with Gasteiger partial charge in [-0.05, 0) is 12.1 Å². The van der Waals surface area contributed by atoms with Crippen molar-refractivity contribution in [2.24, 2.45) is 5.90 Å². The van der Waals surface area contributed by atoms with E-state index in [9.17, 15) is 0 Å². The van der Waals surface area contributed by atoms with Crippen molar-refractivity contribution in [3.8, 4) is 17.2 Å². The molecular formula is C10H15NO4. The molecule has 0 amide bonds. The van der Waals surface area contributed by atoms with Gasteiger partial charge in [0.25, 0.3) is 0 Å². The van der Waals surface area contributed by atoms with E-state index in [0.717, 1.165) is 0 Å². The van der Waals surface area contributed by atoms with Gasteiger partial charge in [0.2, 0.25) is 5.75 Å². The van der Waals surface area contributed by atoms with Crippen LogP contribution in [-0.2, 0) is 4.84 Å². The van der Waals surface area contributed by atoms with Crippen LogP contribution in [-0.4, -0.2) is 27.4 Å². The van der Waals surface area contributed by atoms with E-state index < -0.39 is 0 Å². The van der Waals surface area contributed by atoms with E-state index in [2.05, 4.69) is 4.84 Å². The molecule has 0 radical (unpaired) electrons. The van der Waals surface area contributed by atoms with Crippen molar-refractivity contribution in [3.63, 3.8) is 0 Å². The molecule has 5 nitrogen and oxygen atoms in total. The van der Waals surface area contributed by atoms with Gasteiger partial charge in [-0.1, -0.05) is 6.07 Å². The maximum absolute atomic E-state index is 5.44. The van der Waals surface area contributed by atoms with Crippen LogP contribution < -0.4 is 20.1 Å². The van der Waals surface area contributed by atoms with E-state index in [-0.39, 0.29) is 0 Å². The van der Waals surface area contributed by atoms with Gasteiger partial charge in [-0.25, -0.2) is 5.90 Å². The van der Waals surface area contributed by atoms with E-state index in [4.69, 9.17) is 20.1 Å². The number of methoxy groups -OCH3 is 2. The van der Waals surface area contributed by atoms with Crippen molar-refractivity contribution in [1.29, 1.82) is 0 Å². The molecule has 0 aliphatic rings. The molecule has 0 aromatic heterocycles. The summed E-state index contributed by atoms with van der Waals surface area (Å²) in [7, 11) is 3.14. The first-order chi connectivity index (χ1) is 7.33. The fourth-order valence-corrected chi connectivity index (χ4v) is 1.15. The van der Waals surface area contributed by atoms with E-state index in [0.29, 0.717) is 30.5 Å². The van der Waals surface area contributed by atoms with E-state index >= 15 is 0 Å². The maximum atomic E-state index is 5.44. The van der Waals surface area contributed by atoms with Crippen LogP contribution in [0.4, 0.5) is 0 Å². The molecule has 0 aliphatic carbocycles. The van der Waals surface area contributed by atoms with Gasteiger partial charge in [-0.2, -0.15) is 0 Å². The van der Waals surface area contributed by atoms with Gasteiger partial charge in [0.05, 0.1) is 14.2 Å². The van der Waals surface area contributed by atoms with Gasteiger partial charge < -0.3 is 19.0 Å². The van der Waals surface area contributed by atoms with Gasteiger partial charge in [0.1, 0.15) is 13.2 Å². The zero-order valence-electron chi connectivity index (χ0n) is 8.86. The average Bonchev–Trinajstić information content (AvgIpc) is 2.29. The van der Waals surface area contributed by atoms with Gasteiger partial charge in [-0.3, -0.25) is 0 Å². The Morgan fingerprint density at radius 1 is 1.07 bits per heavy atom. The molecule has 5 heteroatoms. The van der Waals surface area contributed by atoms with Crippen molar-refractivity contribution in [3.05, 3.63) is 18.2 Å². The molecule has 0 aliphatic heterocycles. The lowest BCUT2D eigenvalue weighted by atomic mass is 10.3. The third-order valence-corrected chi connectivity index (χ3v) is 1.83. The molecule has 0 saturated carbocycles. The van der Waals surface area contributed by atoms with Crippen molar-refractivity contribution in [2.45, 2.75) is 0 Å². The lowest BCUT2D eigenvalue weighted by Crippen LogP contribution is -2.11. The van der Waals surface area contributed by atoms with Crippen molar-refractivity contribution < 1.29 is 19.0 Å². The zero-order chi connectivity index (χ0) is 11.1. The van der Waals surface area contributed by atoms with Crippen molar-refractivity contribution in [2.75, 3.05) is 27.4 Å². The first-order valence-electron chi connectivity index (χ1n) is 4.49. The second-order valence-corrected chi connectivity index (χ2v) is 2.71. The van der Waals surface area contributed by atoms with Crippen LogP contribution in [0, 0.1) is 0 Å². The number of nitrogens with two attached hydrogens (primary N) is 1. The molecule has 84 valence electrons. The summed E-state index contributed by atoms with van der Waals surface area (Å²) in [4.78, 5) is 4.40. The number of benzene rings is 1. The number of ether oxygens (including phenoxy) is 3. The predicted molar refractivity (Wildman–Crippen MR) is 55.2 cm³/mol. The number of hydrogen-bond donors (Lipinski definition) is 1. The maximum Gasteiger partial charge on any atom is 0.203 e. The number of hydrogen-bond acceptors (Lipinski definition) is 5. The highest BCUT2D eigenvalue weighted by molar-refractivity contribution is 5.51. The first-order valence-corrected chi connectivity index (χ1v) is 4.49. The van der Waals surface area contributed by atoms with Crippen LogP contribution in [0.2, 0.25) is 0 Å². The largest absolute Gasteiger partial charge is 0.493 e. The minimum atomic E-state index is 0.307. The molecule has 0 spiro atoms. The average molecular weight is 213 g/mol. The second-order valence-electron chi connectivity index (χ2n) is 2.71. The quantitative estimate of drug-likeness (QED) is 0.563. The van der Waals surface area contributed by atoms with Gasteiger partial charge in [-0.15, -0.1) is 0 Å². The van der Waals surface area contributed by atoms with Gasteiger partial charge >= 0.3 is 0 Å². The smallest absolute Gasteiger partial charge is 0.203 e. The number of para-hydroxylation sites is 1. The van der Waals surface area contributed by atoms with E-state index in [1.54, 1.807) is 26.4 Å². The van der Waals surface area contributed by atoms with Gasteiger partial charge in [0, 0.05) is 0 Å². The summed E-state index contributed by atoms with van der Waals surface area (Å²) in [5.74, 6) is 6.68. The molecule has 1 rings (SSSR count). The minimum absolute atomic E-state index is 0.307. The molecular weight excluding hydrogens is 198 g/mol. The first kappa shape index (κ1) is 11.6. The second kappa shape index (κ2) is 6.10. The molecule has 0 heterocycles. The molecule has 2 N–H and O–H groups in total. The summed E-state index contributed by atoms with van der Waals surface area (Å²) in [5, 5.41) is 0. The molecule has 0 unspecified atom stereocenters. The molecule has 0 atom stereocenters. The van der Waals surface area contributed by atoms with E-state index in [1.165, 1.54) is 0 Å². The summed E-state index contributed by atoms with van der Waals surface area (Å²) in [6.07, 6.45) is 0. The summed E-state index contributed by atoms with van der Waals surface area (Å²) < 4.78 is 15.7. The van der Waals surface area contributed by atoms with Crippen LogP contribution in [0.15, 0.2) is 18.2 Å². The standard InChI is InChI=1S/C10H15NO4/c1-12-8-4-3-5-9(13-2)10(8)14-6-7-15-11/h3-5H,6-7,11H2,1-2H3. The molecule has 0 saturated heterocycles. The highest BCUT2D eigenvalue weighted by atomic mass is 16.6. The van der Waals surface area contributed by atoms with Crippen LogP contribution in [0.5, 0.6) is 17.2 Å². The lowest BCUT2D eigenvalue weighted by Gasteiger charge is -2.13. The summed E-state index contributed by atoms with van der Waals surface area (Å²) in [6, 6.07) is 5.41. The molecule has 0 bridgehead atoms. The van der Waals surface area contributed by atoms with Crippen LogP contribution in [0.1, 0.15) is 0 Å². The number of rotatable bonds is 6. The van der Waals surface area contributed by atoms with Gasteiger partial charge in [0.15, 0.2) is 11.5 Å². The van der Waals surface area contributed by atoms with Crippen LogP contribution in [0.25, 0.3) is 0 Å². The Kier molecular flexibility index (Phi) is 4.73.